The first-order valence-electron chi connectivity index (χ1n) is 8.42. The maximum Gasteiger partial charge on any atom is 0.337 e. The van der Waals surface area contributed by atoms with Gasteiger partial charge < -0.3 is 14.5 Å². The lowest BCUT2D eigenvalue weighted by molar-refractivity contribution is -0.130. The van der Waals surface area contributed by atoms with Crippen molar-refractivity contribution in [1.29, 1.82) is 0 Å². The third-order valence-electron chi connectivity index (χ3n) is 4.48. The molecule has 0 aromatic heterocycles. The molecule has 1 heterocycles. The molecule has 1 fully saturated rings. The van der Waals surface area contributed by atoms with E-state index in [-0.39, 0.29) is 11.9 Å². The number of amides is 1. The number of hydrogen-bond acceptors (Lipinski definition) is 4. The third-order valence-corrected chi connectivity index (χ3v) is 4.48. The molecule has 25 heavy (non-hydrogen) atoms. The van der Waals surface area contributed by atoms with E-state index in [0.717, 1.165) is 24.3 Å². The number of nitrogens with zero attached hydrogens (tertiary/aromatic N) is 2. The van der Waals surface area contributed by atoms with Gasteiger partial charge in [-0.1, -0.05) is 30.3 Å². The molecule has 0 saturated carbocycles. The Balaban J connectivity index is 1.54. The summed E-state index contributed by atoms with van der Waals surface area (Å²) in [5.41, 5.74) is 2.65. The minimum atomic E-state index is -0.331. The molecule has 1 saturated heterocycles. The average molecular weight is 338 g/mol. The molecule has 1 aliphatic heterocycles. The fourth-order valence-corrected chi connectivity index (χ4v) is 3.02. The summed E-state index contributed by atoms with van der Waals surface area (Å²) in [5.74, 6) is -0.158. The van der Waals surface area contributed by atoms with E-state index in [0.29, 0.717) is 25.1 Å². The van der Waals surface area contributed by atoms with E-state index < -0.39 is 0 Å². The summed E-state index contributed by atoms with van der Waals surface area (Å²) in [6, 6.07) is 17.2. The van der Waals surface area contributed by atoms with Crippen molar-refractivity contribution in [2.24, 2.45) is 0 Å². The molecule has 0 radical (unpaired) electrons. The summed E-state index contributed by atoms with van der Waals surface area (Å²) >= 11 is 0. The molecule has 130 valence electrons. The minimum Gasteiger partial charge on any atom is -0.465 e. The topological polar surface area (TPSA) is 49.9 Å². The van der Waals surface area contributed by atoms with Crippen LogP contribution in [0.4, 0.5) is 5.69 Å². The Morgan fingerprint density at radius 3 is 2.16 bits per heavy atom. The van der Waals surface area contributed by atoms with Gasteiger partial charge in [0.15, 0.2) is 0 Å². The summed E-state index contributed by atoms with van der Waals surface area (Å²) in [6.45, 7) is 3.01. The highest BCUT2D eigenvalue weighted by Crippen LogP contribution is 2.18. The molecular weight excluding hydrogens is 316 g/mol. The molecule has 0 spiro atoms. The second kappa shape index (κ2) is 7.83. The molecule has 0 atom stereocenters. The van der Waals surface area contributed by atoms with Crippen molar-refractivity contribution in [3.05, 3.63) is 65.7 Å². The predicted octanol–water partition coefficient (Wildman–Crippen LogP) is 2.36. The Labute approximate surface area is 147 Å². The maximum atomic E-state index is 12.4. The Kier molecular flexibility index (Phi) is 5.33. The van der Waals surface area contributed by atoms with Crippen molar-refractivity contribution in [2.75, 3.05) is 38.2 Å². The number of benzene rings is 2. The quantitative estimate of drug-likeness (QED) is 0.803. The smallest absolute Gasteiger partial charge is 0.337 e. The van der Waals surface area contributed by atoms with Gasteiger partial charge in [-0.05, 0) is 29.8 Å². The number of anilines is 1. The van der Waals surface area contributed by atoms with Gasteiger partial charge in [-0.25, -0.2) is 4.79 Å². The lowest BCUT2D eigenvalue weighted by Gasteiger charge is -2.36. The Morgan fingerprint density at radius 1 is 0.920 bits per heavy atom. The SMILES string of the molecule is COC(=O)c1ccc(N2CCN(C(=O)Cc3ccccc3)CC2)cc1. The molecule has 0 unspecified atom stereocenters. The number of carbonyl (C=O) groups excluding carboxylic acids is 2. The summed E-state index contributed by atoms with van der Waals surface area (Å²) in [7, 11) is 1.38. The van der Waals surface area contributed by atoms with Crippen molar-refractivity contribution in [3.63, 3.8) is 0 Å². The monoisotopic (exact) mass is 338 g/mol. The molecule has 1 amide bonds. The normalized spacial score (nSPS) is 14.3. The molecule has 5 heteroatoms. The fourth-order valence-electron chi connectivity index (χ4n) is 3.02. The predicted molar refractivity (Wildman–Crippen MR) is 96.7 cm³/mol. The Bertz CT molecular complexity index is 720. The van der Waals surface area contributed by atoms with Gasteiger partial charge in [-0.15, -0.1) is 0 Å². The van der Waals surface area contributed by atoms with Crippen LogP contribution in [0.15, 0.2) is 54.6 Å². The van der Waals surface area contributed by atoms with Gasteiger partial charge in [-0.3, -0.25) is 4.79 Å². The van der Waals surface area contributed by atoms with Crippen LogP contribution in [0.1, 0.15) is 15.9 Å². The largest absolute Gasteiger partial charge is 0.465 e. The highest BCUT2D eigenvalue weighted by Gasteiger charge is 2.21. The fraction of sp³-hybridized carbons (Fsp3) is 0.300. The van der Waals surface area contributed by atoms with Crippen LogP contribution >= 0.6 is 0 Å². The zero-order valence-electron chi connectivity index (χ0n) is 14.4. The van der Waals surface area contributed by atoms with Crippen LogP contribution in [0.2, 0.25) is 0 Å². The molecule has 2 aromatic carbocycles. The van der Waals surface area contributed by atoms with Crippen molar-refractivity contribution >= 4 is 17.6 Å². The molecular formula is C20H22N2O3. The number of piperazine rings is 1. The van der Waals surface area contributed by atoms with Gasteiger partial charge in [0.25, 0.3) is 0 Å². The highest BCUT2D eigenvalue weighted by atomic mass is 16.5. The van der Waals surface area contributed by atoms with Gasteiger partial charge in [-0.2, -0.15) is 0 Å². The first-order valence-corrected chi connectivity index (χ1v) is 8.42. The van der Waals surface area contributed by atoms with E-state index in [1.165, 1.54) is 7.11 Å². The van der Waals surface area contributed by atoms with Crippen LogP contribution < -0.4 is 4.90 Å². The zero-order valence-corrected chi connectivity index (χ0v) is 14.4. The van der Waals surface area contributed by atoms with Gasteiger partial charge in [0.1, 0.15) is 0 Å². The lowest BCUT2D eigenvalue weighted by Crippen LogP contribution is -2.49. The van der Waals surface area contributed by atoms with Crippen LogP contribution in [0.25, 0.3) is 0 Å². The number of ether oxygens (including phenoxy) is 1. The summed E-state index contributed by atoms with van der Waals surface area (Å²) in [4.78, 5) is 28.1. The molecule has 0 bridgehead atoms. The Hall–Kier alpha value is -2.82. The van der Waals surface area contributed by atoms with Crippen LogP contribution in [-0.2, 0) is 16.0 Å². The van der Waals surface area contributed by atoms with E-state index in [2.05, 4.69) is 4.90 Å². The van der Waals surface area contributed by atoms with Crippen molar-refractivity contribution in [1.82, 2.24) is 4.90 Å². The average Bonchev–Trinajstić information content (AvgIpc) is 2.68. The van der Waals surface area contributed by atoms with Gasteiger partial charge in [0.2, 0.25) is 5.91 Å². The second-order valence-electron chi connectivity index (χ2n) is 6.07. The summed E-state index contributed by atoms with van der Waals surface area (Å²) in [5, 5.41) is 0. The Morgan fingerprint density at radius 2 is 1.56 bits per heavy atom. The first kappa shape index (κ1) is 17.0. The minimum absolute atomic E-state index is 0.173. The summed E-state index contributed by atoms with van der Waals surface area (Å²) in [6.07, 6.45) is 0.453. The van der Waals surface area contributed by atoms with E-state index >= 15 is 0 Å². The summed E-state index contributed by atoms with van der Waals surface area (Å²) < 4.78 is 4.71. The van der Waals surface area contributed by atoms with E-state index in [4.69, 9.17) is 4.74 Å². The van der Waals surface area contributed by atoms with Gasteiger partial charge in [0.05, 0.1) is 19.1 Å². The number of methoxy groups -OCH3 is 1. The van der Waals surface area contributed by atoms with Crippen molar-refractivity contribution in [2.45, 2.75) is 6.42 Å². The van der Waals surface area contributed by atoms with Crippen LogP contribution in [0.3, 0.4) is 0 Å². The molecule has 1 aliphatic rings. The number of hydrogen-bond donors (Lipinski definition) is 0. The van der Waals surface area contributed by atoms with E-state index in [9.17, 15) is 9.59 Å². The van der Waals surface area contributed by atoms with Crippen molar-refractivity contribution < 1.29 is 14.3 Å². The van der Waals surface area contributed by atoms with Crippen molar-refractivity contribution in [3.8, 4) is 0 Å². The van der Waals surface area contributed by atoms with Crippen LogP contribution in [0, 0.1) is 0 Å². The lowest BCUT2D eigenvalue weighted by atomic mass is 10.1. The second-order valence-corrected chi connectivity index (χ2v) is 6.07. The van der Waals surface area contributed by atoms with Gasteiger partial charge >= 0.3 is 5.97 Å². The number of rotatable bonds is 4. The number of carbonyl (C=O) groups is 2. The maximum absolute atomic E-state index is 12.4. The highest BCUT2D eigenvalue weighted by molar-refractivity contribution is 5.89. The molecule has 0 aliphatic carbocycles. The molecule has 5 nitrogen and oxygen atoms in total. The zero-order chi connectivity index (χ0) is 17.6. The van der Waals surface area contributed by atoms with Crippen LogP contribution in [-0.4, -0.2) is 50.1 Å². The third kappa shape index (κ3) is 4.18. The standard InChI is InChI=1S/C20H22N2O3/c1-25-20(24)17-7-9-18(10-8-17)21-11-13-22(14-12-21)19(23)15-16-5-3-2-4-6-16/h2-10H,11-15H2,1H3. The van der Waals surface area contributed by atoms with E-state index in [1.54, 1.807) is 12.1 Å². The van der Waals surface area contributed by atoms with E-state index in [1.807, 2.05) is 47.4 Å². The molecule has 3 rings (SSSR count). The molecule has 2 aromatic rings. The van der Waals surface area contributed by atoms with Gasteiger partial charge in [0, 0.05) is 31.9 Å². The molecule has 0 N–H and O–H groups in total. The number of esters is 1. The first-order chi connectivity index (χ1) is 12.2. The van der Waals surface area contributed by atoms with Crippen LogP contribution in [0.5, 0.6) is 0 Å².